The van der Waals surface area contributed by atoms with Gasteiger partial charge in [-0.2, -0.15) is 0 Å². The molecule has 1 fully saturated rings. The summed E-state index contributed by atoms with van der Waals surface area (Å²) in [6.45, 7) is 7.48. The number of benzene rings is 1. The number of likely N-dealkylation sites (tertiary alicyclic amines) is 1. The van der Waals surface area contributed by atoms with E-state index in [0.29, 0.717) is 19.6 Å². The molecule has 1 heterocycles. The maximum absolute atomic E-state index is 12.1. The average Bonchev–Trinajstić information content (AvgIpc) is 2.99. The van der Waals surface area contributed by atoms with Gasteiger partial charge in [0.15, 0.2) is 0 Å². The second-order valence-electron chi connectivity index (χ2n) is 7.02. The number of carbonyl (C=O) groups excluding carboxylic acids is 2. The minimum absolute atomic E-state index is 0.224. The summed E-state index contributed by atoms with van der Waals surface area (Å²) in [6, 6.07) is 9.60. The highest BCUT2D eigenvalue weighted by atomic mass is 16.6. The van der Waals surface area contributed by atoms with Crippen LogP contribution in [0, 0.1) is 5.92 Å². The molecule has 1 atom stereocenters. The van der Waals surface area contributed by atoms with Crippen LogP contribution in [0.1, 0.15) is 32.8 Å². The molecule has 0 aliphatic carbocycles. The summed E-state index contributed by atoms with van der Waals surface area (Å²) in [5, 5.41) is 2.76. The van der Waals surface area contributed by atoms with Crippen molar-refractivity contribution in [3.8, 4) is 0 Å². The van der Waals surface area contributed by atoms with E-state index in [-0.39, 0.29) is 18.6 Å². The third kappa shape index (κ3) is 6.10. The normalized spacial score (nSPS) is 17.5. The van der Waals surface area contributed by atoms with E-state index in [9.17, 15) is 9.59 Å². The lowest BCUT2D eigenvalue weighted by atomic mass is 10.1. The highest BCUT2D eigenvalue weighted by Crippen LogP contribution is 2.17. The number of hydrogen-bond donors (Lipinski definition) is 1. The Kier molecular flexibility index (Phi) is 6.06. The molecule has 24 heavy (non-hydrogen) atoms. The molecule has 1 aromatic carbocycles. The third-order valence-corrected chi connectivity index (χ3v) is 3.68. The van der Waals surface area contributed by atoms with Crippen molar-refractivity contribution in [2.24, 2.45) is 5.92 Å². The van der Waals surface area contributed by atoms with E-state index in [2.05, 4.69) is 5.32 Å². The fraction of sp³-hybridized carbons (Fsp3) is 0.556. The molecule has 0 spiro atoms. The zero-order valence-corrected chi connectivity index (χ0v) is 14.6. The van der Waals surface area contributed by atoms with Gasteiger partial charge in [-0.05, 0) is 38.7 Å². The Labute approximate surface area is 143 Å². The minimum atomic E-state index is -0.507. The van der Waals surface area contributed by atoms with Crippen molar-refractivity contribution in [1.82, 2.24) is 10.2 Å². The number of carbonyl (C=O) groups is 2. The first-order valence-corrected chi connectivity index (χ1v) is 8.26. The van der Waals surface area contributed by atoms with Gasteiger partial charge in [-0.25, -0.2) is 9.59 Å². The number of amides is 2. The largest absolute Gasteiger partial charge is 0.445 e. The van der Waals surface area contributed by atoms with E-state index >= 15 is 0 Å². The molecule has 1 aliphatic rings. The first kappa shape index (κ1) is 18.1. The van der Waals surface area contributed by atoms with Gasteiger partial charge in [0.1, 0.15) is 12.2 Å². The molecule has 0 saturated carbocycles. The zero-order chi connectivity index (χ0) is 17.6. The van der Waals surface area contributed by atoms with E-state index in [0.717, 1.165) is 12.0 Å². The minimum Gasteiger partial charge on any atom is -0.445 e. The molecule has 0 unspecified atom stereocenters. The maximum atomic E-state index is 12.1. The summed E-state index contributed by atoms with van der Waals surface area (Å²) in [4.78, 5) is 25.4. The monoisotopic (exact) mass is 334 g/mol. The molecule has 6 heteroatoms. The topological polar surface area (TPSA) is 67.9 Å². The molecule has 132 valence electrons. The van der Waals surface area contributed by atoms with Crippen LogP contribution in [0.5, 0.6) is 0 Å². The standard InChI is InChI=1S/C18H26N2O4/c1-18(2,3)24-16(21)19-11-15-9-10-20(12-15)17(22)23-13-14-7-5-4-6-8-14/h4-8,15H,9-13H2,1-3H3,(H,19,21)/t15-/m0/s1. The van der Waals surface area contributed by atoms with E-state index in [1.807, 2.05) is 51.1 Å². The summed E-state index contributed by atoms with van der Waals surface area (Å²) < 4.78 is 10.5. The molecule has 2 rings (SSSR count). The molecule has 0 aromatic heterocycles. The van der Waals surface area contributed by atoms with E-state index in [4.69, 9.17) is 9.47 Å². The molecule has 1 aromatic rings. The molecular weight excluding hydrogens is 308 g/mol. The first-order chi connectivity index (χ1) is 11.3. The number of hydrogen-bond acceptors (Lipinski definition) is 4. The van der Waals surface area contributed by atoms with Gasteiger partial charge in [-0.1, -0.05) is 30.3 Å². The predicted octanol–water partition coefficient (Wildman–Crippen LogP) is 3.17. The van der Waals surface area contributed by atoms with E-state index in [1.54, 1.807) is 4.90 Å². The molecule has 1 saturated heterocycles. The lowest BCUT2D eigenvalue weighted by Gasteiger charge is -2.21. The van der Waals surface area contributed by atoms with Crippen LogP contribution < -0.4 is 5.32 Å². The number of rotatable bonds is 4. The van der Waals surface area contributed by atoms with Gasteiger partial charge in [-0.15, -0.1) is 0 Å². The first-order valence-electron chi connectivity index (χ1n) is 8.26. The Morgan fingerprint density at radius 2 is 1.96 bits per heavy atom. The van der Waals surface area contributed by atoms with Crippen LogP contribution in [-0.4, -0.2) is 42.3 Å². The van der Waals surface area contributed by atoms with Gasteiger partial charge in [0.2, 0.25) is 0 Å². The van der Waals surface area contributed by atoms with Crippen molar-refractivity contribution in [2.75, 3.05) is 19.6 Å². The summed E-state index contributed by atoms with van der Waals surface area (Å²) >= 11 is 0. The molecule has 6 nitrogen and oxygen atoms in total. The molecule has 0 radical (unpaired) electrons. The summed E-state index contributed by atoms with van der Waals surface area (Å²) in [5.74, 6) is 0.224. The molecule has 1 N–H and O–H groups in total. The van der Waals surface area contributed by atoms with Crippen LogP contribution in [0.15, 0.2) is 30.3 Å². The number of nitrogens with zero attached hydrogens (tertiary/aromatic N) is 1. The second-order valence-corrected chi connectivity index (χ2v) is 7.02. The Balaban J connectivity index is 1.68. The molecular formula is C18H26N2O4. The van der Waals surface area contributed by atoms with Crippen LogP contribution in [0.25, 0.3) is 0 Å². The van der Waals surface area contributed by atoms with Gasteiger partial charge in [0.05, 0.1) is 0 Å². The van der Waals surface area contributed by atoms with Crippen molar-refractivity contribution >= 4 is 12.2 Å². The average molecular weight is 334 g/mol. The van der Waals surface area contributed by atoms with E-state index in [1.165, 1.54) is 0 Å². The molecule has 0 bridgehead atoms. The van der Waals surface area contributed by atoms with Gasteiger partial charge < -0.3 is 19.7 Å². The lowest BCUT2D eigenvalue weighted by molar-refractivity contribution is 0.0520. The SMILES string of the molecule is CC(C)(C)OC(=O)NC[C@@H]1CCN(C(=O)OCc2ccccc2)C1. The summed E-state index contributed by atoms with van der Waals surface area (Å²) in [7, 11) is 0. The lowest BCUT2D eigenvalue weighted by Crippen LogP contribution is -2.36. The van der Waals surface area contributed by atoms with E-state index < -0.39 is 11.7 Å². The molecule has 2 amide bonds. The summed E-state index contributed by atoms with van der Waals surface area (Å²) in [6.07, 6.45) is 0.113. The number of alkyl carbamates (subject to hydrolysis) is 1. The fourth-order valence-corrected chi connectivity index (χ4v) is 2.52. The van der Waals surface area contributed by atoms with Crippen LogP contribution in [-0.2, 0) is 16.1 Å². The van der Waals surface area contributed by atoms with Crippen LogP contribution in [0.4, 0.5) is 9.59 Å². The third-order valence-electron chi connectivity index (χ3n) is 3.68. The highest BCUT2D eigenvalue weighted by Gasteiger charge is 2.28. The highest BCUT2D eigenvalue weighted by molar-refractivity contribution is 5.68. The van der Waals surface area contributed by atoms with Crippen molar-refractivity contribution in [1.29, 1.82) is 0 Å². The summed E-state index contributed by atoms with van der Waals surface area (Å²) in [5.41, 5.74) is 0.459. The van der Waals surface area contributed by atoms with Gasteiger partial charge >= 0.3 is 12.2 Å². The van der Waals surface area contributed by atoms with Gasteiger partial charge in [0, 0.05) is 19.6 Å². The zero-order valence-electron chi connectivity index (χ0n) is 14.6. The Morgan fingerprint density at radius 1 is 1.25 bits per heavy atom. The van der Waals surface area contributed by atoms with Crippen LogP contribution in [0.2, 0.25) is 0 Å². The quantitative estimate of drug-likeness (QED) is 0.918. The van der Waals surface area contributed by atoms with Crippen molar-refractivity contribution in [3.63, 3.8) is 0 Å². The Bertz CT molecular complexity index is 554. The van der Waals surface area contributed by atoms with Gasteiger partial charge in [0.25, 0.3) is 0 Å². The second kappa shape index (κ2) is 8.04. The van der Waals surface area contributed by atoms with Gasteiger partial charge in [-0.3, -0.25) is 0 Å². The van der Waals surface area contributed by atoms with Crippen LogP contribution in [0.3, 0.4) is 0 Å². The van der Waals surface area contributed by atoms with Crippen LogP contribution >= 0.6 is 0 Å². The molecule has 1 aliphatic heterocycles. The van der Waals surface area contributed by atoms with Crippen molar-refractivity contribution in [2.45, 2.75) is 39.4 Å². The Morgan fingerprint density at radius 3 is 2.62 bits per heavy atom. The van der Waals surface area contributed by atoms with Crippen molar-refractivity contribution < 1.29 is 19.1 Å². The maximum Gasteiger partial charge on any atom is 0.410 e. The predicted molar refractivity (Wildman–Crippen MR) is 90.5 cm³/mol. The smallest absolute Gasteiger partial charge is 0.410 e. The number of ether oxygens (including phenoxy) is 2. The number of nitrogens with one attached hydrogen (secondary N) is 1. The Hall–Kier alpha value is -2.24. The fourth-order valence-electron chi connectivity index (χ4n) is 2.52. The van der Waals surface area contributed by atoms with Crippen molar-refractivity contribution in [3.05, 3.63) is 35.9 Å².